The largest absolute Gasteiger partial charge is 0.481 e. The molecular formula is C19H22Cl2N2O4S. The summed E-state index contributed by atoms with van der Waals surface area (Å²) in [6, 6.07) is 11.8. The molecule has 0 unspecified atom stereocenters. The standard InChI is InChI=1S/C14H11Cl2NO2.C5H11NO2S/c15-10-5-3-6-11(16)14(10)17-12-7-2-1-4-9(12)8-13(18)19;1-2-8-5(7)4(6)3-9/h1-7,17H,8H2,(H,18,19);4,9H,2-3,6H2,1H3/t;4-/m.0/s1. The van der Waals surface area contributed by atoms with Crippen LogP contribution >= 0.6 is 35.8 Å². The summed E-state index contributed by atoms with van der Waals surface area (Å²) in [5.74, 6) is -0.939. The van der Waals surface area contributed by atoms with Crippen LogP contribution < -0.4 is 11.1 Å². The summed E-state index contributed by atoms with van der Waals surface area (Å²) < 4.78 is 4.58. The molecule has 0 aliphatic rings. The van der Waals surface area contributed by atoms with Gasteiger partial charge in [-0.05, 0) is 30.7 Å². The average Bonchev–Trinajstić information content (AvgIpc) is 2.65. The van der Waals surface area contributed by atoms with Crippen LogP contribution in [0.3, 0.4) is 0 Å². The van der Waals surface area contributed by atoms with Gasteiger partial charge in [-0.3, -0.25) is 9.59 Å². The number of anilines is 2. The molecule has 0 aromatic heterocycles. The summed E-state index contributed by atoms with van der Waals surface area (Å²) in [6.07, 6.45) is -0.0642. The molecule has 0 spiro atoms. The van der Waals surface area contributed by atoms with E-state index in [0.29, 0.717) is 39.3 Å². The van der Waals surface area contributed by atoms with Crippen LogP contribution in [0.5, 0.6) is 0 Å². The first-order valence-electron chi connectivity index (χ1n) is 8.33. The summed E-state index contributed by atoms with van der Waals surface area (Å²) in [4.78, 5) is 21.4. The van der Waals surface area contributed by atoms with Gasteiger partial charge in [0.1, 0.15) is 6.04 Å². The molecule has 0 bridgehead atoms. The second kappa shape index (κ2) is 12.5. The Morgan fingerprint density at radius 3 is 2.32 bits per heavy atom. The van der Waals surface area contributed by atoms with E-state index in [4.69, 9.17) is 34.0 Å². The zero-order valence-electron chi connectivity index (χ0n) is 15.2. The topological polar surface area (TPSA) is 102 Å². The van der Waals surface area contributed by atoms with E-state index in [1.165, 1.54) is 0 Å². The molecule has 0 aliphatic carbocycles. The van der Waals surface area contributed by atoms with Gasteiger partial charge in [-0.1, -0.05) is 47.5 Å². The van der Waals surface area contributed by atoms with Gasteiger partial charge >= 0.3 is 11.9 Å². The number of ether oxygens (including phenoxy) is 1. The smallest absolute Gasteiger partial charge is 0.323 e. The zero-order valence-corrected chi connectivity index (χ0v) is 17.6. The molecule has 0 heterocycles. The lowest BCUT2D eigenvalue weighted by atomic mass is 10.1. The second-order valence-electron chi connectivity index (χ2n) is 5.49. The molecule has 0 saturated heterocycles. The number of carboxylic acid groups (broad SMARTS) is 1. The van der Waals surface area contributed by atoms with Crippen LogP contribution in [-0.4, -0.2) is 35.4 Å². The number of thiol groups is 1. The van der Waals surface area contributed by atoms with Crippen molar-refractivity contribution in [1.29, 1.82) is 0 Å². The number of hydrogen-bond acceptors (Lipinski definition) is 6. The molecule has 2 rings (SSSR count). The lowest BCUT2D eigenvalue weighted by molar-refractivity contribution is -0.144. The minimum absolute atomic E-state index is 0.0642. The molecule has 152 valence electrons. The lowest BCUT2D eigenvalue weighted by Crippen LogP contribution is -2.33. The number of esters is 1. The molecule has 0 radical (unpaired) electrons. The van der Waals surface area contributed by atoms with Crippen molar-refractivity contribution < 1.29 is 19.4 Å². The minimum atomic E-state index is -0.889. The highest BCUT2D eigenvalue weighted by Gasteiger charge is 2.11. The second-order valence-corrected chi connectivity index (χ2v) is 6.67. The highest BCUT2D eigenvalue weighted by molar-refractivity contribution is 7.80. The third kappa shape index (κ3) is 7.98. The van der Waals surface area contributed by atoms with E-state index in [-0.39, 0.29) is 12.4 Å². The molecule has 9 heteroatoms. The van der Waals surface area contributed by atoms with Crippen LogP contribution in [0.15, 0.2) is 42.5 Å². The van der Waals surface area contributed by atoms with Gasteiger partial charge < -0.3 is 20.9 Å². The van der Waals surface area contributed by atoms with Crippen LogP contribution in [0, 0.1) is 0 Å². The number of carbonyl (C=O) groups excluding carboxylic acids is 1. The Labute approximate surface area is 179 Å². The fraction of sp³-hybridized carbons (Fsp3) is 0.263. The highest BCUT2D eigenvalue weighted by Crippen LogP contribution is 2.33. The number of carboxylic acids is 1. The molecule has 0 amide bonds. The Morgan fingerprint density at radius 2 is 1.79 bits per heavy atom. The first kappa shape index (κ1) is 24.1. The summed E-state index contributed by atoms with van der Waals surface area (Å²) >= 11 is 16.0. The summed E-state index contributed by atoms with van der Waals surface area (Å²) in [5.41, 5.74) is 7.18. The Kier molecular flexibility index (Phi) is 10.8. The van der Waals surface area contributed by atoms with Gasteiger partial charge in [-0.2, -0.15) is 12.6 Å². The van der Waals surface area contributed by atoms with E-state index < -0.39 is 12.0 Å². The van der Waals surface area contributed by atoms with E-state index in [0.717, 1.165) is 0 Å². The van der Waals surface area contributed by atoms with Crippen molar-refractivity contribution in [2.45, 2.75) is 19.4 Å². The van der Waals surface area contributed by atoms with Crippen molar-refractivity contribution in [2.24, 2.45) is 5.73 Å². The number of nitrogens with one attached hydrogen (secondary N) is 1. The molecule has 28 heavy (non-hydrogen) atoms. The molecule has 1 atom stereocenters. The number of hydrogen-bond donors (Lipinski definition) is 4. The Morgan fingerprint density at radius 1 is 1.18 bits per heavy atom. The van der Waals surface area contributed by atoms with Crippen molar-refractivity contribution in [3.8, 4) is 0 Å². The maximum Gasteiger partial charge on any atom is 0.323 e. The molecule has 0 aliphatic heterocycles. The van der Waals surface area contributed by atoms with Crippen molar-refractivity contribution in [2.75, 3.05) is 17.7 Å². The molecule has 4 N–H and O–H groups in total. The van der Waals surface area contributed by atoms with Crippen molar-refractivity contribution >= 4 is 59.1 Å². The number of carbonyl (C=O) groups is 2. The fourth-order valence-electron chi connectivity index (χ4n) is 2.04. The van der Waals surface area contributed by atoms with Crippen molar-refractivity contribution in [1.82, 2.24) is 0 Å². The van der Waals surface area contributed by atoms with Crippen LogP contribution in [0.1, 0.15) is 12.5 Å². The Bertz CT molecular complexity index is 785. The number of nitrogens with two attached hydrogens (primary N) is 1. The van der Waals surface area contributed by atoms with Gasteiger partial charge in [-0.25, -0.2) is 0 Å². The van der Waals surface area contributed by atoms with Gasteiger partial charge in [0.05, 0.1) is 28.8 Å². The van der Waals surface area contributed by atoms with Gasteiger partial charge in [0.15, 0.2) is 0 Å². The normalized spacial score (nSPS) is 11.0. The third-order valence-corrected chi connectivity index (χ3v) is 4.39. The Hall–Kier alpha value is -1.93. The molecule has 0 saturated carbocycles. The summed E-state index contributed by atoms with van der Waals surface area (Å²) in [5, 5.41) is 12.9. The molecule has 2 aromatic carbocycles. The minimum Gasteiger partial charge on any atom is -0.481 e. The van der Waals surface area contributed by atoms with E-state index in [1.807, 2.05) is 6.07 Å². The lowest BCUT2D eigenvalue weighted by Gasteiger charge is -2.13. The zero-order chi connectivity index (χ0) is 21.1. The first-order valence-corrected chi connectivity index (χ1v) is 9.72. The van der Waals surface area contributed by atoms with Crippen LogP contribution in [0.4, 0.5) is 11.4 Å². The number of benzene rings is 2. The maximum absolute atomic E-state index is 10.8. The number of para-hydroxylation sites is 2. The molecule has 6 nitrogen and oxygen atoms in total. The van der Waals surface area contributed by atoms with Gasteiger partial charge in [0, 0.05) is 11.4 Å². The maximum atomic E-state index is 10.8. The van der Waals surface area contributed by atoms with E-state index in [2.05, 4.69) is 22.7 Å². The van der Waals surface area contributed by atoms with E-state index >= 15 is 0 Å². The first-order chi connectivity index (χ1) is 13.3. The average molecular weight is 445 g/mol. The van der Waals surface area contributed by atoms with Gasteiger partial charge in [0.25, 0.3) is 0 Å². The van der Waals surface area contributed by atoms with Crippen LogP contribution in [0.25, 0.3) is 0 Å². The van der Waals surface area contributed by atoms with Gasteiger partial charge in [-0.15, -0.1) is 0 Å². The Balaban J connectivity index is 0.000000370. The fourth-order valence-corrected chi connectivity index (χ4v) is 2.68. The molecular weight excluding hydrogens is 423 g/mol. The van der Waals surface area contributed by atoms with Crippen molar-refractivity contribution in [3.05, 3.63) is 58.1 Å². The quantitative estimate of drug-likeness (QED) is 0.377. The summed E-state index contributed by atoms with van der Waals surface area (Å²) in [6.45, 7) is 2.11. The monoisotopic (exact) mass is 444 g/mol. The van der Waals surface area contributed by atoms with E-state index in [9.17, 15) is 9.59 Å². The number of rotatable bonds is 7. The van der Waals surface area contributed by atoms with Crippen LogP contribution in [0.2, 0.25) is 10.0 Å². The third-order valence-electron chi connectivity index (χ3n) is 3.37. The SMILES string of the molecule is CCOC(=O)[C@@H](N)CS.O=C(O)Cc1ccccc1Nc1c(Cl)cccc1Cl. The van der Waals surface area contributed by atoms with E-state index in [1.54, 1.807) is 43.3 Å². The predicted octanol–water partition coefficient (Wildman–Crippen LogP) is 4.17. The molecule has 2 aromatic rings. The summed E-state index contributed by atoms with van der Waals surface area (Å²) in [7, 11) is 0. The number of aliphatic carboxylic acids is 1. The molecule has 0 fully saturated rings. The highest BCUT2D eigenvalue weighted by atomic mass is 35.5. The van der Waals surface area contributed by atoms with Crippen LogP contribution in [-0.2, 0) is 20.7 Å². The number of halogens is 2. The van der Waals surface area contributed by atoms with Gasteiger partial charge in [0.2, 0.25) is 0 Å². The van der Waals surface area contributed by atoms with Crippen molar-refractivity contribution in [3.63, 3.8) is 0 Å². The predicted molar refractivity (Wildman–Crippen MR) is 116 cm³/mol.